The number of quaternary nitrogens is 1. The van der Waals surface area contributed by atoms with Gasteiger partial charge in [0.2, 0.25) is 0 Å². The van der Waals surface area contributed by atoms with Gasteiger partial charge in [0, 0.05) is 12.8 Å². The van der Waals surface area contributed by atoms with Crippen molar-refractivity contribution in [2.24, 2.45) is 0 Å². The lowest BCUT2D eigenvalue weighted by atomic mass is 10.0. The lowest BCUT2D eigenvalue weighted by Gasteiger charge is -2.24. The van der Waals surface area contributed by atoms with Gasteiger partial charge < -0.3 is 18.9 Å². The number of carbonyl (C=O) groups excluding carboxylic acids is 2. The normalized spacial score (nSPS) is 13.4. The zero-order valence-corrected chi connectivity index (χ0v) is 44.6. The van der Waals surface area contributed by atoms with Crippen LogP contribution in [0, 0.1) is 0 Å². The summed E-state index contributed by atoms with van der Waals surface area (Å²) < 4.78 is 34.5. The van der Waals surface area contributed by atoms with Crippen molar-refractivity contribution in [2.45, 2.75) is 283 Å². The zero-order chi connectivity index (χ0) is 47.8. The lowest BCUT2D eigenvalue weighted by molar-refractivity contribution is -0.870. The minimum absolute atomic E-state index is 0.0335. The number of phosphoric acid groups is 1. The molecule has 0 amide bonds. The van der Waals surface area contributed by atoms with Crippen molar-refractivity contribution in [1.29, 1.82) is 0 Å². The average Bonchev–Trinajstić information content (AvgIpc) is 3.26. The van der Waals surface area contributed by atoms with E-state index >= 15 is 0 Å². The highest BCUT2D eigenvalue weighted by Crippen LogP contribution is 2.43. The van der Waals surface area contributed by atoms with Crippen molar-refractivity contribution in [3.05, 3.63) is 12.2 Å². The van der Waals surface area contributed by atoms with Crippen LogP contribution in [0.4, 0.5) is 0 Å². The second kappa shape index (κ2) is 47.8. The number of phosphoric ester groups is 1. The largest absolute Gasteiger partial charge is 0.472 e. The maximum atomic E-state index is 12.7. The Bertz CT molecular complexity index is 1110. The summed E-state index contributed by atoms with van der Waals surface area (Å²) >= 11 is 0. The molecule has 0 radical (unpaired) electrons. The summed E-state index contributed by atoms with van der Waals surface area (Å²) in [6.07, 6.45) is 54.3. The van der Waals surface area contributed by atoms with Crippen molar-refractivity contribution in [3.8, 4) is 0 Å². The number of esters is 2. The van der Waals surface area contributed by atoms with Gasteiger partial charge in [0.15, 0.2) is 6.10 Å². The molecule has 2 atom stereocenters. The van der Waals surface area contributed by atoms with E-state index in [0.717, 1.165) is 51.4 Å². The van der Waals surface area contributed by atoms with Crippen LogP contribution < -0.4 is 0 Å². The van der Waals surface area contributed by atoms with E-state index in [1.165, 1.54) is 193 Å². The topological polar surface area (TPSA) is 108 Å². The lowest BCUT2D eigenvalue weighted by Crippen LogP contribution is -2.37. The van der Waals surface area contributed by atoms with E-state index in [-0.39, 0.29) is 25.6 Å². The SMILES string of the molecule is CCCCCCC/C=C\CCCCCCCC(=O)OC(COC(=O)CCCCCCCCCCCCCCCCCCCCCCCCCCCCC)COP(=O)(O)OCC[N+](C)(C)C. The van der Waals surface area contributed by atoms with Gasteiger partial charge in [0.05, 0.1) is 27.7 Å². The smallest absolute Gasteiger partial charge is 0.462 e. The van der Waals surface area contributed by atoms with Crippen LogP contribution >= 0.6 is 7.82 Å². The third kappa shape index (κ3) is 52.0. The number of nitrogens with zero attached hydrogens (tertiary/aromatic N) is 1. The molecule has 9 nitrogen and oxygen atoms in total. The number of ether oxygens (including phenoxy) is 2. The summed E-state index contributed by atoms with van der Waals surface area (Å²) in [5.41, 5.74) is 0. The fraction of sp³-hybridized carbons (Fsp3) is 0.927. The minimum Gasteiger partial charge on any atom is -0.462 e. The summed E-state index contributed by atoms with van der Waals surface area (Å²) in [6, 6.07) is 0. The number of hydrogen-bond donors (Lipinski definition) is 1. The number of rotatable bonds is 52. The van der Waals surface area contributed by atoms with E-state index in [9.17, 15) is 19.0 Å². The Morgan fingerprint density at radius 2 is 0.785 bits per heavy atom. The van der Waals surface area contributed by atoms with Gasteiger partial charge in [-0.1, -0.05) is 238 Å². The molecule has 0 aliphatic rings. The monoisotopic (exact) mass is 943 g/mol. The Labute approximate surface area is 403 Å². The third-order valence-electron chi connectivity index (χ3n) is 12.5. The predicted octanol–water partition coefficient (Wildman–Crippen LogP) is 16.9. The first kappa shape index (κ1) is 63.8. The summed E-state index contributed by atoms with van der Waals surface area (Å²) in [4.78, 5) is 35.6. The van der Waals surface area contributed by atoms with Gasteiger partial charge in [-0.2, -0.15) is 0 Å². The molecule has 0 spiro atoms. The first-order chi connectivity index (χ1) is 31.5. The van der Waals surface area contributed by atoms with Gasteiger partial charge in [0.1, 0.15) is 19.8 Å². The Morgan fingerprint density at radius 3 is 1.14 bits per heavy atom. The maximum absolute atomic E-state index is 12.7. The maximum Gasteiger partial charge on any atom is 0.472 e. The standard InChI is InChI=1S/C55H108NO8P/c1-6-8-10-12-14-16-18-20-22-23-24-25-26-27-28-29-30-31-32-33-34-36-37-39-41-43-45-47-54(57)61-51-53(52-63-65(59,60)62-50-49-56(3,4)5)64-55(58)48-46-44-42-40-38-35-21-19-17-15-13-11-9-7-2/h19,21,53H,6-18,20,22-52H2,1-5H3/p+1/b21-19-. The van der Waals surface area contributed by atoms with Crippen LogP contribution in [-0.4, -0.2) is 74.9 Å². The first-order valence-corrected chi connectivity index (χ1v) is 29.4. The van der Waals surface area contributed by atoms with Crippen molar-refractivity contribution < 1.29 is 42.1 Å². The van der Waals surface area contributed by atoms with E-state index in [1.54, 1.807) is 0 Å². The molecular weight excluding hydrogens is 834 g/mol. The molecule has 65 heavy (non-hydrogen) atoms. The first-order valence-electron chi connectivity index (χ1n) is 27.9. The Kier molecular flexibility index (Phi) is 46.9. The molecule has 0 aliphatic carbocycles. The van der Waals surface area contributed by atoms with E-state index < -0.39 is 26.5 Å². The van der Waals surface area contributed by atoms with Crippen molar-refractivity contribution in [1.82, 2.24) is 0 Å². The quantitative estimate of drug-likeness (QED) is 0.0211. The van der Waals surface area contributed by atoms with Gasteiger partial charge in [-0.15, -0.1) is 0 Å². The molecule has 0 aliphatic heterocycles. The van der Waals surface area contributed by atoms with E-state index in [2.05, 4.69) is 26.0 Å². The number of likely N-dealkylation sites (N-methyl/N-ethyl adjacent to an activating group) is 1. The fourth-order valence-corrected chi connectivity index (χ4v) is 8.93. The summed E-state index contributed by atoms with van der Waals surface area (Å²) in [7, 11) is 1.49. The van der Waals surface area contributed by atoms with Crippen LogP contribution in [0.2, 0.25) is 0 Å². The highest BCUT2D eigenvalue weighted by atomic mass is 31.2. The van der Waals surface area contributed by atoms with E-state index in [0.29, 0.717) is 23.9 Å². The highest BCUT2D eigenvalue weighted by molar-refractivity contribution is 7.47. The molecule has 0 aromatic rings. The zero-order valence-electron chi connectivity index (χ0n) is 43.8. The van der Waals surface area contributed by atoms with Crippen LogP contribution in [0.5, 0.6) is 0 Å². The van der Waals surface area contributed by atoms with Crippen LogP contribution in [-0.2, 0) is 32.7 Å². The third-order valence-corrected chi connectivity index (χ3v) is 13.5. The van der Waals surface area contributed by atoms with Gasteiger partial charge >= 0.3 is 19.8 Å². The Balaban J connectivity index is 4.05. The molecule has 1 N–H and O–H groups in total. The molecule has 0 heterocycles. The van der Waals surface area contributed by atoms with Crippen molar-refractivity contribution in [3.63, 3.8) is 0 Å². The Hall–Kier alpha value is -1.25. The van der Waals surface area contributed by atoms with Gasteiger partial charge in [-0.25, -0.2) is 4.57 Å². The second-order valence-electron chi connectivity index (χ2n) is 20.3. The van der Waals surface area contributed by atoms with Crippen LogP contribution in [0.3, 0.4) is 0 Å². The number of carbonyl (C=O) groups is 2. The number of unbranched alkanes of at least 4 members (excludes halogenated alkanes) is 36. The molecule has 386 valence electrons. The summed E-state index contributed by atoms with van der Waals surface area (Å²) in [5.74, 6) is -0.792. The predicted molar refractivity (Wildman–Crippen MR) is 275 cm³/mol. The molecule has 0 saturated carbocycles. The van der Waals surface area contributed by atoms with Gasteiger partial charge in [-0.3, -0.25) is 18.6 Å². The fourth-order valence-electron chi connectivity index (χ4n) is 8.19. The summed E-state index contributed by atoms with van der Waals surface area (Å²) in [5, 5.41) is 0. The molecule has 2 unspecified atom stereocenters. The Morgan fingerprint density at radius 1 is 0.462 bits per heavy atom. The van der Waals surface area contributed by atoms with Crippen LogP contribution in [0.1, 0.15) is 277 Å². The molecule has 0 saturated heterocycles. The van der Waals surface area contributed by atoms with Crippen molar-refractivity contribution in [2.75, 3.05) is 47.5 Å². The molecule has 0 fully saturated rings. The van der Waals surface area contributed by atoms with Crippen LogP contribution in [0.15, 0.2) is 12.2 Å². The minimum atomic E-state index is -4.38. The van der Waals surface area contributed by atoms with Gasteiger partial charge in [-0.05, 0) is 38.5 Å². The van der Waals surface area contributed by atoms with Gasteiger partial charge in [0.25, 0.3) is 0 Å². The molecule has 0 aromatic carbocycles. The summed E-state index contributed by atoms with van der Waals surface area (Å²) in [6.45, 7) is 4.46. The van der Waals surface area contributed by atoms with Crippen LogP contribution in [0.25, 0.3) is 0 Å². The average molecular weight is 943 g/mol. The molecule has 10 heteroatoms. The highest BCUT2D eigenvalue weighted by Gasteiger charge is 2.27. The second-order valence-corrected chi connectivity index (χ2v) is 21.8. The van der Waals surface area contributed by atoms with Crippen molar-refractivity contribution >= 4 is 19.8 Å². The number of hydrogen-bond acceptors (Lipinski definition) is 7. The number of allylic oxidation sites excluding steroid dienone is 2. The molecule has 0 aromatic heterocycles. The van der Waals surface area contributed by atoms with E-state index in [4.69, 9.17) is 18.5 Å². The van der Waals surface area contributed by atoms with E-state index in [1.807, 2.05) is 21.1 Å². The molecular formula is C55H109NO8P+. The molecule has 0 rings (SSSR count). The molecule has 0 bridgehead atoms.